The monoisotopic (exact) mass is 195 g/mol. The molecule has 0 aromatic rings. The summed E-state index contributed by atoms with van der Waals surface area (Å²) in [5, 5.41) is 3.31. The van der Waals surface area contributed by atoms with Crippen molar-refractivity contribution < 1.29 is 0 Å². The molecule has 0 unspecified atom stereocenters. The molecule has 0 rings (SSSR count). The smallest absolute Gasteiger partial charge is 0.0329 e. The van der Waals surface area contributed by atoms with Crippen molar-refractivity contribution in [2.45, 2.75) is 41.0 Å². The van der Waals surface area contributed by atoms with Crippen LogP contribution < -0.4 is 5.32 Å². The lowest BCUT2D eigenvalue weighted by atomic mass is 10.1. The van der Waals surface area contributed by atoms with E-state index in [4.69, 9.17) is 0 Å². The number of hydrogen-bond acceptors (Lipinski definition) is 1. The van der Waals surface area contributed by atoms with Crippen LogP contribution in [0.15, 0.2) is 36.1 Å². The maximum Gasteiger partial charge on any atom is 0.0329 e. The maximum atomic E-state index is 3.64. The first-order valence-corrected chi connectivity index (χ1v) is 5.48. The van der Waals surface area contributed by atoms with Crippen LogP contribution in [0.5, 0.6) is 0 Å². The van der Waals surface area contributed by atoms with Crippen LogP contribution >= 0.6 is 0 Å². The number of rotatable bonds is 5. The first kappa shape index (κ1) is 15.5. The number of hydrogen-bond donors (Lipinski definition) is 1. The molecule has 0 aromatic heterocycles. The quantitative estimate of drug-likeness (QED) is 0.653. The van der Waals surface area contributed by atoms with Crippen LogP contribution in [0.25, 0.3) is 0 Å². The third-order valence-electron chi connectivity index (χ3n) is 1.76. The molecular weight excluding hydrogens is 170 g/mol. The van der Waals surface area contributed by atoms with Gasteiger partial charge in [-0.3, -0.25) is 0 Å². The molecule has 14 heavy (non-hydrogen) atoms. The van der Waals surface area contributed by atoms with Crippen molar-refractivity contribution in [1.82, 2.24) is 5.32 Å². The van der Waals surface area contributed by atoms with Gasteiger partial charge in [0.05, 0.1) is 0 Å². The van der Waals surface area contributed by atoms with Crippen LogP contribution in [-0.4, -0.2) is 6.54 Å². The third kappa shape index (κ3) is 7.66. The molecule has 0 amide bonds. The Bertz CT molecular complexity index is 187. The molecule has 0 saturated heterocycles. The lowest BCUT2D eigenvalue weighted by molar-refractivity contribution is 0.850. The van der Waals surface area contributed by atoms with Crippen molar-refractivity contribution in [1.29, 1.82) is 0 Å². The highest BCUT2D eigenvalue weighted by molar-refractivity contribution is 5.24. The fourth-order valence-electron chi connectivity index (χ4n) is 0.897. The summed E-state index contributed by atoms with van der Waals surface area (Å²) < 4.78 is 0. The Morgan fingerprint density at radius 3 is 2.21 bits per heavy atom. The van der Waals surface area contributed by atoms with Gasteiger partial charge in [-0.2, -0.15) is 0 Å². The molecule has 0 spiro atoms. The van der Waals surface area contributed by atoms with Gasteiger partial charge in [0, 0.05) is 12.2 Å². The second-order valence-electron chi connectivity index (χ2n) is 2.67. The number of allylic oxidation sites excluding steroid dienone is 4. The van der Waals surface area contributed by atoms with E-state index in [2.05, 4.69) is 38.7 Å². The van der Waals surface area contributed by atoms with E-state index in [0.717, 1.165) is 13.0 Å². The van der Waals surface area contributed by atoms with Gasteiger partial charge < -0.3 is 5.32 Å². The summed E-state index contributed by atoms with van der Waals surface area (Å²) in [6, 6.07) is 0. The Balaban J connectivity index is 0. The van der Waals surface area contributed by atoms with Gasteiger partial charge in [0.15, 0.2) is 0 Å². The van der Waals surface area contributed by atoms with Crippen LogP contribution in [0.2, 0.25) is 0 Å². The molecule has 82 valence electrons. The molecule has 0 aromatic carbocycles. The van der Waals surface area contributed by atoms with E-state index >= 15 is 0 Å². The fraction of sp³-hybridized carbons (Fsp3) is 0.538. The van der Waals surface area contributed by atoms with E-state index in [-0.39, 0.29) is 0 Å². The molecule has 0 aliphatic carbocycles. The van der Waals surface area contributed by atoms with Crippen LogP contribution in [0.4, 0.5) is 0 Å². The number of likely N-dealkylation sites (N-methyl/N-ethyl adjacent to an activating group) is 1. The van der Waals surface area contributed by atoms with Crippen molar-refractivity contribution in [3.05, 3.63) is 36.1 Å². The molecule has 1 heteroatoms. The second-order valence-corrected chi connectivity index (χ2v) is 2.67. The maximum absolute atomic E-state index is 3.64. The average Bonchev–Trinajstić information content (AvgIpc) is 2.26. The van der Waals surface area contributed by atoms with E-state index in [0.29, 0.717) is 0 Å². The molecule has 1 N–H and O–H groups in total. The molecule has 0 radical (unpaired) electrons. The van der Waals surface area contributed by atoms with Gasteiger partial charge >= 0.3 is 0 Å². The first-order chi connectivity index (χ1) is 6.76. The van der Waals surface area contributed by atoms with E-state index in [1.807, 2.05) is 19.9 Å². The average molecular weight is 195 g/mol. The molecule has 0 aliphatic rings. The Hall–Kier alpha value is -0.980. The minimum absolute atomic E-state index is 0.966. The highest BCUT2D eigenvalue weighted by Gasteiger charge is 1.93. The Morgan fingerprint density at radius 2 is 1.86 bits per heavy atom. The molecule has 0 heterocycles. The van der Waals surface area contributed by atoms with Gasteiger partial charge in [0.2, 0.25) is 0 Å². The van der Waals surface area contributed by atoms with Crippen molar-refractivity contribution in [2.24, 2.45) is 0 Å². The summed E-state index contributed by atoms with van der Waals surface area (Å²) in [4.78, 5) is 0. The molecular formula is C13H25N. The van der Waals surface area contributed by atoms with Crippen LogP contribution in [0.1, 0.15) is 41.0 Å². The topological polar surface area (TPSA) is 12.0 Å². The van der Waals surface area contributed by atoms with E-state index < -0.39 is 0 Å². The summed E-state index contributed by atoms with van der Waals surface area (Å²) >= 11 is 0. The van der Waals surface area contributed by atoms with E-state index in [1.165, 1.54) is 11.3 Å². The Morgan fingerprint density at radius 1 is 1.29 bits per heavy atom. The molecule has 1 nitrogen and oxygen atoms in total. The Kier molecular flexibility index (Phi) is 13.3. The van der Waals surface area contributed by atoms with Crippen LogP contribution in [-0.2, 0) is 0 Å². The first-order valence-electron chi connectivity index (χ1n) is 5.48. The van der Waals surface area contributed by atoms with Gasteiger partial charge in [-0.15, -0.1) is 0 Å². The van der Waals surface area contributed by atoms with Crippen molar-refractivity contribution >= 4 is 0 Å². The SMILES string of the molecule is C=C/C=C\C(NCC)=C(/C)CC.CC. The van der Waals surface area contributed by atoms with Gasteiger partial charge in [-0.1, -0.05) is 45.1 Å². The summed E-state index contributed by atoms with van der Waals surface area (Å²) in [5.41, 5.74) is 2.61. The Labute approximate surface area is 89.6 Å². The fourth-order valence-corrected chi connectivity index (χ4v) is 0.897. The predicted molar refractivity (Wildman–Crippen MR) is 67.4 cm³/mol. The zero-order valence-electron chi connectivity index (χ0n) is 10.4. The summed E-state index contributed by atoms with van der Waals surface area (Å²) in [6.07, 6.45) is 6.90. The van der Waals surface area contributed by atoms with Gasteiger partial charge in [0.1, 0.15) is 0 Å². The highest BCUT2D eigenvalue weighted by Crippen LogP contribution is 2.06. The van der Waals surface area contributed by atoms with Gasteiger partial charge in [-0.25, -0.2) is 0 Å². The zero-order valence-corrected chi connectivity index (χ0v) is 10.4. The molecule has 0 saturated carbocycles. The third-order valence-corrected chi connectivity index (χ3v) is 1.76. The second kappa shape index (κ2) is 12.0. The lowest BCUT2D eigenvalue weighted by Crippen LogP contribution is -2.11. The van der Waals surface area contributed by atoms with Crippen molar-refractivity contribution in [2.75, 3.05) is 6.54 Å². The van der Waals surface area contributed by atoms with Crippen molar-refractivity contribution in [3.63, 3.8) is 0 Å². The van der Waals surface area contributed by atoms with E-state index in [1.54, 1.807) is 6.08 Å². The van der Waals surface area contributed by atoms with Crippen molar-refractivity contribution in [3.8, 4) is 0 Å². The lowest BCUT2D eigenvalue weighted by Gasteiger charge is -2.07. The van der Waals surface area contributed by atoms with Crippen LogP contribution in [0, 0.1) is 0 Å². The standard InChI is InChI=1S/C11H19N.C2H6/c1-5-8-9-11(12-7-3)10(4)6-2;1-2/h5,8-9,12H,1,6-7H2,2-4H3;1-2H3/b9-8-,11-10-;. The number of nitrogens with one attached hydrogen (secondary N) is 1. The summed E-state index contributed by atoms with van der Waals surface area (Å²) in [5.74, 6) is 0. The normalized spacial score (nSPS) is 11.5. The zero-order chi connectivity index (χ0) is 11.4. The largest absolute Gasteiger partial charge is 0.385 e. The minimum atomic E-state index is 0.966. The van der Waals surface area contributed by atoms with E-state index in [9.17, 15) is 0 Å². The highest BCUT2D eigenvalue weighted by atomic mass is 14.9. The van der Waals surface area contributed by atoms with Gasteiger partial charge in [0.25, 0.3) is 0 Å². The molecule has 0 bridgehead atoms. The van der Waals surface area contributed by atoms with Crippen LogP contribution in [0.3, 0.4) is 0 Å². The molecule has 0 fully saturated rings. The summed E-state index contributed by atoms with van der Waals surface area (Å²) in [6.45, 7) is 15.0. The minimum Gasteiger partial charge on any atom is -0.385 e. The van der Waals surface area contributed by atoms with Gasteiger partial charge in [-0.05, 0) is 26.3 Å². The molecule has 0 aliphatic heterocycles. The molecule has 0 atom stereocenters. The predicted octanol–water partition coefficient (Wildman–Crippen LogP) is 4.05. The summed E-state index contributed by atoms with van der Waals surface area (Å²) in [7, 11) is 0.